The largest absolute Gasteiger partial charge is 0.493 e. The summed E-state index contributed by atoms with van der Waals surface area (Å²) in [6.07, 6.45) is 0.435. The van der Waals surface area contributed by atoms with Crippen molar-refractivity contribution in [3.05, 3.63) is 35.1 Å². The van der Waals surface area contributed by atoms with Gasteiger partial charge in [0.2, 0.25) is 0 Å². The fourth-order valence-electron chi connectivity index (χ4n) is 2.65. The molecule has 2 aromatic heterocycles. The lowest BCUT2D eigenvalue weighted by molar-refractivity contribution is -0.141. The highest BCUT2D eigenvalue weighted by atomic mass is 32.1. The summed E-state index contributed by atoms with van der Waals surface area (Å²) in [5.74, 6) is 0.556. The van der Waals surface area contributed by atoms with Crippen molar-refractivity contribution in [2.45, 2.75) is 25.9 Å². The zero-order valence-electron chi connectivity index (χ0n) is 13.2. The first-order valence-electron chi connectivity index (χ1n) is 7.75. The number of ether oxygens (including phenoxy) is 1. The minimum absolute atomic E-state index is 0.218. The molecule has 1 aliphatic heterocycles. The van der Waals surface area contributed by atoms with Gasteiger partial charge in [-0.1, -0.05) is 0 Å². The van der Waals surface area contributed by atoms with Crippen LogP contribution in [0.3, 0.4) is 0 Å². The Morgan fingerprint density at radius 2 is 2.04 bits per heavy atom. The standard InChI is InChI=1S/C16H18F3N3OS/c1-11-9-21-15(24-11)22-6-3-12(4-7-22)10-23-13-2-5-20-14(8-13)16(17,18)19/h2,5,8-9,12H,3-4,6-7,10H2,1H3. The molecular weight excluding hydrogens is 339 g/mol. The Balaban J connectivity index is 1.50. The van der Waals surface area contributed by atoms with Crippen molar-refractivity contribution < 1.29 is 17.9 Å². The van der Waals surface area contributed by atoms with Crippen LogP contribution in [0, 0.1) is 12.8 Å². The van der Waals surface area contributed by atoms with Gasteiger partial charge in [-0.2, -0.15) is 13.2 Å². The fraction of sp³-hybridized carbons (Fsp3) is 0.500. The first-order valence-corrected chi connectivity index (χ1v) is 8.57. The molecule has 130 valence electrons. The minimum atomic E-state index is -4.45. The van der Waals surface area contributed by atoms with Gasteiger partial charge in [0.25, 0.3) is 0 Å². The summed E-state index contributed by atoms with van der Waals surface area (Å²) in [7, 11) is 0. The van der Waals surface area contributed by atoms with E-state index in [0.29, 0.717) is 12.5 Å². The van der Waals surface area contributed by atoms with Gasteiger partial charge in [-0.05, 0) is 31.7 Å². The number of halogens is 3. The number of piperidine rings is 1. The van der Waals surface area contributed by atoms with Crippen LogP contribution < -0.4 is 9.64 Å². The Bertz CT molecular complexity index is 681. The van der Waals surface area contributed by atoms with E-state index >= 15 is 0 Å². The average molecular weight is 357 g/mol. The first kappa shape index (κ1) is 17.0. The summed E-state index contributed by atoms with van der Waals surface area (Å²) in [5.41, 5.74) is -0.922. The van der Waals surface area contributed by atoms with E-state index in [1.54, 1.807) is 11.3 Å². The summed E-state index contributed by atoms with van der Waals surface area (Å²) in [4.78, 5) is 11.2. The summed E-state index contributed by atoms with van der Waals surface area (Å²) < 4.78 is 43.5. The summed E-state index contributed by atoms with van der Waals surface area (Å²) >= 11 is 1.68. The molecule has 0 spiro atoms. The quantitative estimate of drug-likeness (QED) is 0.824. The van der Waals surface area contributed by atoms with Crippen LogP contribution in [0.5, 0.6) is 5.75 Å². The third-order valence-corrected chi connectivity index (χ3v) is 4.98. The molecule has 8 heteroatoms. The molecule has 0 amide bonds. The number of alkyl halides is 3. The second kappa shape index (κ2) is 6.96. The van der Waals surface area contributed by atoms with Gasteiger partial charge in [0, 0.05) is 36.4 Å². The molecule has 0 radical (unpaired) electrons. The summed E-state index contributed by atoms with van der Waals surface area (Å²) in [6, 6.07) is 2.41. The molecule has 0 N–H and O–H groups in total. The van der Waals surface area contributed by atoms with Crippen LogP contribution in [0.25, 0.3) is 0 Å². The van der Waals surface area contributed by atoms with Gasteiger partial charge >= 0.3 is 6.18 Å². The van der Waals surface area contributed by atoms with Gasteiger partial charge in [0.05, 0.1) is 6.61 Å². The molecule has 0 bridgehead atoms. The molecule has 24 heavy (non-hydrogen) atoms. The zero-order valence-corrected chi connectivity index (χ0v) is 14.0. The number of hydrogen-bond donors (Lipinski definition) is 0. The van der Waals surface area contributed by atoms with Crippen molar-refractivity contribution >= 4 is 16.5 Å². The number of anilines is 1. The topological polar surface area (TPSA) is 38.2 Å². The van der Waals surface area contributed by atoms with E-state index in [-0.39, 0.29) is 5.75 Å². The molecule has 1 fully saturated rings. The third-order valence-electron chi connectivity index (χ3n) is 4.00. The molecule has 0 saturated carbocycles. The number of aromatic nitrogens is 2. The smallest absolute Gasteiger partial charge is 0.433 e. The maximum atomic E-state index is 12.6. The van der Waals surface area contributed by atoms with Gasteiger partial charge in [0.1, 0.15) is 11.4 Å². The van der Waals surface area contributed by atoms with Gasteiger partial charge in [0.15, 0.2) is 5.13 Å². The Labute approximate surface area is 142 Å². The lowest BCUT2D eigenvalue weighted by Gasteiger charge is -2.31. The summed E-state index contributed by atoms with van der Waals surface area (Å²) in [5, 5.41) is 1.04. The van der Waals surface area contributed by atoms with Crippen molar-refractivity contribution in [2.75, 3.05) is 24.6 Å². The van der Waals surface area contributed by atoms with Crippen molar-refractivity contribution in [3.63, 3.8) is 0 Å². The average Bonchev–Trinajstić information content (AvgIpc) is 2.99. The van der Waals surface area contributed by atoms with Gasteiger partial charge in [-0.15, -0.1) is 11.3 Å². The monoisotopic (exact) mass is 357 g/mol. The van der Waals surface area contributed by atoms with E-state index in [0.717, 1.165) is 43.3 Å². The van der Waals surface area contributed by atoms with E-state index in [1.807, 2.05) is 13.1 Å². The van der Waals surface area contributed by atoms with Crippen LogP contribution in [-0.2, 0) is 6.18 Å². The predicted molar refractivity (Wildman–Crippen MR) is 86.5 cm³/mol. The van der Waals surface area contributed by atoms with Gasteiger partial charge in [-0.25, -0.2) is 4.98 Å². The molecule has 2 aromatic rings. The van der Waals surface area contributed by atoms with Crippen LogP contribution in [0.15, 0.2) is 24.5 Å². The van der Waals surface area contributed by atoms with E-state index in [1.165, 1.54) is 10.9 Å². The third kappa shape index (κ3) is 4.17. The zero-order chi connectivity index (χ0) is 17.2. The van der Waals surface area contributed by atoms with Gasteiger partial charge in [-0.3, -0.25) is 4.98 Å². The number of thiazole rings is 1. The lowest BCUT2D eigenvalue weighted by atomic mass is 9.98. The van der Waals surface area contributed by atoms with Crippen molar-refractivity contribution in [3.8, 4) is 5.75 Å². The molecule has 0 aliphatic carbocycles. The predicted octanol–water partition coefficient (Wildman–Crippen LogP) is 4.16. The second-order valence-corrected chi connectivity index (χ2v) is 7.08. The fourth-order valence-corrected chi connectivity index (χ4v) is 3.46. The van der Waals surface area contributed by atoms with E-state index in [4.69, 9.17) is 4.74 Å². The van der Waals surface area contributed by atoms with E-state index in [2.05, 4.69) is 14.9 Å². The van der Waals surface area contributed by atoms with E-state index in [9.17, 15) is 13.2 Å². The Morgan fingerprint density at radius 3 is 2.67 bits per heavy atom. The number of hydrogen-bond acceptors (Lipinski definition) is 5. The highest BCUT2D eigenvalue weighted by molar-refractivity contribution is 7.15. The maximum Gasteiger partial charge on any atom is 0.433 e. The number of aryl methyl sites for hydroxylation is 1. The van der Waals surface area contributed by atoms with Crippen molar-refractivity contribution in [2.24, 2.45) is 5.92 Å². The minimum Gasteiger partial charge on any atom is -0.493 e. The Kier molecular flexibility index (Phi) is 4.93. The molecule has 1 saturated heterocycles. The highest BCUT2D eigenvalue weighted by Crippen LogP contribution is 2.30. The molecule has 0 aromatic carbocycles. The normalized spacial score (nSPS) is 16.4. The molecule has 1 aliphatic rings. The molecule has 4 nitrogen and oxygen atoms in total. The number of nitrogens with zero attached hydrogens (tertiary/aromatic N) is 3. The summed E-state index contributed by atoms with van der Waals surface area (Å²) in [6.45, 7) is 4.24. The maximum absolute atomic E-state index is 12.6. The van der Waals surface area contributed by atoms with Crippen LogP contribution in [-0.4, -0.2) is 29.7 Å². The van der Waals surface area contributed by atoms with Crippen LogP contribution >= 0.6 is 11.3 Å². The van der Waals surface area contributed by atoms with Gasteiger partial charge < -0.3 is 9.64 Å². The number of rotatable bonds is 4. The molecule has 3 rings (SSSR count). The van der Waals surface area contributed by atoms with Crippen molar-refractivity contribution in [1.29, 1.82) is 0 Å². The van der Waals surface area contributed by atoms with E-state index < -0.39 is 11.9 Å². The van der Waals surface area contributed by atoms with Crippen LogP contribution in [0.4, 0.5) is 18.3 Å². The number of pyridine rings is 1. The molecule has 0 unspecified atom stereocenters. The van der Waals surface area contributed by atoms with Crippen molar-refractivity contribution in [1.82, 2.24) is 9.97 Å². The SMILES string of the molecule is Cc1cnc(N2CCC(COc3ccnc(C(F)(F)F)c3)CC2)s1. The second-order valence-electron chi connectivity index (χ2n) is 5.87. The highest BCUT2D eigenvalue weighted by Gasteiger charge is 2.32. The molecule has 0 atom stereocenters. The first-order chi connectivity index (χ1) is 11.4. The molecular formula is C16H18F3N3OS. The lowest BCUT2D eigenvalue weighted by Crippen LogP contribution is -2.35. The Hall–Kier alpha value is -1.83. The van der Waals surface area contributed by atoms with Crippen LogP contribution in [0.1, 0.15) is 23.4 Å². The van der Waals surface area contributed by atoms with Crippen LogP contribution in [0.2, 0.25) is 0 Å². The Morgan fingerprint density at radius 1 is 1.29 bits per heavy atom. The molecule has 3 heterocycles.